The summed E-state index contributed by atoms with van der Waals surface area (Å²) in [5, 5.41) is 13.0. The summed E-state index contributed by atoms with van der Waals surface area (Å²) < 4.78 is 5.13. The molecule has 2 aliphatic heterocycles. The van der Waals surface area contributed by atoms with E-state index in [-0.39, 0.29) is 43.1 Å². The molecule has 8 nitrogen and oxygen atoms in total. The first-order valence-corrected chi connectivity index (χ1v) is 6.31. The number of rotatable bonds is 1. The molecule has 1 aromatic heterocycles. The van der Waals surface area contributed by atoms with Crippen LogP contribution in [0, 0.1) is 0 Å². The number of imide groups is 1. The van der Waals surface area contributed by atoms with Crippen molar-refractivity contribution in [1.29, 1.82) is 0 Å². The standard InChI is InChI=1S/C12H13N3O5/c1-6-4-8-7(5-14(6)12(18)19)11(20-13-8)15-9(16)2-3-10(15)17/h6H,2-5H2,1H3,(H,18,19)/t6-/m0/s1. The number of carboxylic acid groups (broad SMARTS) is 1. The van der Waals surface area contributed by atoms with Crippen molar-refractivity contribution in [3.05, 3.63) is 11.3 Å². The van der Waals surface area contributed by atoms with E-state index in [2.05, 4.69) is 5.16 Å². The first-order chi connectivity index (χ1) is 9.49. The highest BCUT2D eigenvalue weighted by molar-refractivity contribution is 6.19. The molecular weight excluding hydrogens is 266 g/mol. The second kappa shape index (κ2) is 4.32. The van der Waals surface area contributed by atoms with Gasteiger partial charge in [0.15, 0.2) is 0 Å². The highest BCUT2D eigenvalue weighted by Gasteiger charge is 2.39. The van der Waals surface area contributed by atoms with Gasteiger partial charge in [0.05, 0.1) is 17.8 Å². The average molecular weight is 279 g/mol. The minimum absolute atomic E-state index is 0.0712. The Hall–Kier alpha value is -2.38. The van der Waals surface area contributed by atoms with Crippen LogP contribution in [0.25, 0.3) is 0 Å². The van der Waals surface area contributed by atoms with Gasteiger partial charge in [-0.1, -0.05) is 5.16 Å². The SMILES string of the molecule is C[C@H]1Cc2noc(N3C(=O)CCC3=O)c2CN1C(=O)O. The Morgan fingerprint density at radius 2 is 2.00 bits per heavy atom. The molecule has 3 rings (SSSR count). The predicted octanol–water partition coefficient (Wildman–Crippen LogP) is 0.753. The third-order valence-electron chi connectivity index (χ3n) is 3.70. The molecule has 0 aromatic carbocycles. The molecule has 3 heterocycles. The van der Waals surface area contributed by atoms with Crippen molar-refractivity contribution in [3.63, 3.8) is 0 Å². The van der Waals surface area contributed by atoms with Crippen molar-refractivity contribution >= 4 is 23.8 Å². The van der Waals surface area contributed by atoms with Crippen LogP contribution in [-0.4, -0.2) is 39.1 Å². The monoisotopic (exact) mass is 279 g/mol. The van der Waals surface area contributed by atoms with Crippen molar-refractivity contribution in [3.8, 4) is 0 Å². The minimum atomic E-state index is -1.05. The van der Waals surface area contributed by atoms with Crippen molar-refractivity contribution in [2.75, 3.05) is 4.90 Å². The topological polar surface area (TPSA) is 104 Å². The molecule has 3 amide bonds. The molecule has 0 aliphatic carbocycles. The Balaban J connectivity index is 1.99. The van der Waals surface area contributed by atoms with Gasteiger partial charge in [-0.3, -0.25) is 9.59 Å². The number of hydrogen-bond donors (Lipinski definition) is 1. The number of fused-ring (bicyclic) bond motifs is 1. The van der Waals surface area contributed by atoms with E-state index in [1.54, 1.807) is 6.92 Å². The van der Waals surface area contributed by atoms with E-state index in [0.29, 0.717) is 17.7 Å². The van der Waals surface area contributed by atoms with Gasteiger partial charge in [-0.2, -0.15) is 0 Å². The number of carbonyl (C=O) groups is 3. The van der Waals surface area contributed by atoms with Gasteiger partial charge >= 0.3 is 6.09 Å². The smallest absolute Gasteiger partial charge is 0.407 e. The van der Waals surface area contributed by atoms with Gasteiger partial charge in [0, 0.05) is 25.3 Å². The maximum Gasteiger partial charge on any atom is 0.407 e. The highest BCUT2D eigenvalue weighted by Crippen LogP contribution is 2.33. The molecule has 1 saturated heterocycles. The number of aromatic nitrogens is 1. The molecule has 0 radical (unpaired) electrons. The van der Waals surface area contributed by atoms with Gasteiger partial charge in [0.2, 0.25) is 17.7 Å². The van der Waals surface area contributed by atoms with Gasteiger partial charge in [-0.05, 0) is 6.92 Å². The Morgan fingerprint density at radius 1 is 1.35 bits per heavy atom. The number of nitrogens with zero attached hydrogens (tertiary/aromatic N) is 3. The van der Waals surface area contributed by atoms with Crippen LogP contribution >= 0.6 is 0 Å². The van der Waals surface area contributed by atoms with E-state index in [4.69, 9.17) is 9.63 Å². The zero-order valence-electron chi connectivity index (χ0n) is 10.8. The largest absolute Gasteiger partial charge is 0.465 e. The van der Waals surface area contributed by atoms with Gasteiger partial charge < -0.3 is 14.5 Å². The number of amides is 3. The zero-order chi connectivity index (χ0) is 14.4. The van der Waals surface area contributed by atoms with Crippen LogP contribution in [0.5, 0.6) is 0 Å². The lowest BCUT2D eigenvalue weighted by atomic mass is 10.0. The number of hydrogen-bond acceptors (Lipinski definition) is 5. The van der Waals surface area contributed by atoms with Crippen molar-refractivity contribution < 1.29 is 24.0 Å². The molecule has 1 fully saturated rings. The lowest BCUT2D eigenvalue weighted by Crippen LogP contribution is -2.42. The molecule has 1 N–H and O–H groups in total. The summed E-state index contributed by atoms with van der Waals surface area (Å²) in [6.07, 6.45) is -0.350. The van der Waals surface area contributed by atoms with Crippen LogP contribution in [0.3, 0.4) is 0 Å². The fourth-order valence-corrected chi connectivity index (χ4v) is 2.60. The van der Waals surface area contributed by atoms with E-state index >= 15 is 0 Å². The summed E-state index contributed by atoms with van der Waals surface area (Å²) in [5.41, 5.74) is 1.12. The molecule has 0 saturated carbocycles. The lowest BCUT2D eigenvalue weighted by molar-refractivity contribution is -0.121. The first-order valence-electron chi connectivity index (χ1n) is 6.31. The third kappa shape index (κ3) is 1.75. The van der Waals surface area contributed by atoms with E-state index < -0.39 is 6.09 Å². The number of carbonyl (C=O) groups excluding carboxylic acids is 2. The number of anilines is 1. The van der Waals surface area contributed by atoms with E-state index in [0.717, 1.165) is 4.90 Å². The van der Waals surface area contributed by atoms with Gasteiger partial charge in [-0.15, -0.1) is 0 Å². The quantitative estimate of drug-likeness (QED) is 0.761. The van der Waals surface area contributed by atoms with Gasteiger partial charge in [0.25, 0.3) is 0 Å². The Labute approximate surface area is 113 Å². The lowest BCUT2D eigenvalue weighted by Gasteiger charge is -2.30. The molecule has 8 heteroatoms. The summed E-state index contributed by atoms with van der Waals surface area (Å²) in [4.78, 5) is 36.9. The second-order valence-electron chi connectivity index (χ2n) is 5.00. The maximum atomic E-state index is 11.7. The van der Waals surface area contributed by atoms with Crippen LogP contribution in [0.4, 0.5) is 10.7 Å². The summed E-state index contributed by atoms with van der Waals surface area (Å²) in [6, 6.07) is -0.220. The van der Waals surface area contributed by atoms with E-state index in [9.17, 15) is 14.4 Å². The Morgan fingerprint density at radius 3 is 2.60 bits per heavy atom. The first kappa shape index (κ1) is 12.6. The zero-order valence-corrected chi connectivity index (χ0v) is 10.8. The molecule has 0 unspecified atom stereocenters. The average Bonchev–Trinajstić information content (AvgIpc) is 2.92. The summed E-state index contributed by atoms with van der Waals surface area (Å²) in [5.74, 6) is -0.602. The Bertz CT molecular complexity index is 592. The van der Waals surface area contributed by atoms with Gasteiger partial charge in [-0.25, -0.2) is 9.69 Å². The van der Waals surface area contributed by atoms with Crippen LogP contribution in [-0.2, 0) is 22.6 Å². The van der Waals surface area contributed by atoms with Crippen LogP contribution < -0.4 is 4.90 Å². The normalized spacial score (nSPS) is 22.4. The third-order valence-corrected chi connectivity index (χ3v) is 3.70. The van der Waals surface area contributed by atoms with E-state index in [1.807, 2.05) is 0 Å². The van der Waals surface area contributed by atoms with Crippen molar-refractivity contribution in [2.24, 2.45) is 0 Å². The molecule has 20 heavy (non-hydrogen) atoms. The van der Waals surface area contributed by atoms with Crippen molar-refractivity contribution in [2.45, 2.75) is 38.8 Å². The minimum Gasteiger partial charge on any atom is -0.465 e. The highest BCUT2D eigenvalue weighted by atomic mass is 16.5. The molecule has 1 atom stereocenters. The van der Waals surface area contributed by atoms with Crippen LogP contribution in [0.2, 0.25) is 0 Å². The summed E-state index contributed by atoms with van der Waals surface area (Å²) in [7, 11) is 0. The molecule has 0 spiro atoms. The molecule has 106 valence electrons. The summed E-state index contributed by atoms with van der Waals surface area (Å²) >= 11 is 0. The predicted molar refractivity (Wildman–Crippen MR) is 65.0 cm³/mol. The van der Waals surface area contributed by atoms with E-state index in [1.165, 1.54) is 4.90 Å². The second-order valence-corrected chi connectivity index (χ2v) is 5.00. The summed E-state index contributed by atoms with van der Waals surface area (Å²) in [6.45, 7) is 1.85. The maximum absolute atomic E-state index is 11.7. The fraction of sp³-hybridized carbons (Fsp3) is 0.500. The van der Waals surface area contributed by atoms with Crippen LogP contribution in [0.1, 0.15) is 31.0 Å². The molecule has 1 aromatic rings. The fourth-order valence-electron chi connectivity index (χ4n) is 2.60. The van der Waals surface area contributed by atoms with Crippen LogP contribution in [0.15, 0.2) is 4.52 Å². The molecular formula is C12H13N3O5. The molecule has 0 bridgehead atoms. The molecule has 2 aliphatic rings. The van der Waals surface area contributed by atoms with Crippen molar-refractivity contribution in [1.82, 2.24) is 10.1 Å². The Kier molecular flexibility index (Phi) is 2.73. The van der Waals surface area contributed by atoms with Gasteiger partial charge in [0.1, 0.15) is 0 Å².